The number of amides is 1. The topological polar surface area (TPSA) is 119 Å². The molecule has 1 aliphatic rings. The Morgan fingerprint density at radius 3 is 2.52 bits per heavy atom. The van der Waals surface area contributed by atoms with E-state index in [9.17, 15) is 20.0 Å². The Morgan fingerprint density at radius 1 is 1.43 bits per heavy atom. The molecule has 1 aromatic heterocycles. The lowest BCUT2D eigenvalue weighted by Gasteiger charge is -2.44. The molecule has 1 aromatic rings. The number of likely N-dealkylation sites (tertiary alicyclic amines) is 1. The fourth-order valence-electron chi connectivity index (χ4n) is 2.70. The Balaban J connectivity index is 2.07. The molecule has 0 bridgehead atoms. The van der Waals surface area contributed by atoms with Gasteiger partial charge in [-0.05, 0) is 5.41 Å². The van der Waals surface area contributed by atoms with Gasteiger partial charge in [-0.15, -0.1) is 0 Å². The molecule has 1 fully saturated rings. The van der Waals surface area contributed by atoms with Crippen LogP contribution in [0.1, 0.15) is 33.6 Å². The van der Waals surface area contributed by atoms with E-state index in [1.807, 2.05) is 20.8 Å². The highest BCUT2D eigenvalue weighted by Crippen LogP contribution is 2.33. The summed E-state index contributed by atoms with van der Waals surface area (Å²) in [5.74, 6) is 0. The number of nitrogens with zero attached hydrogens (tertiary/aromatic N) is 4. The minimum atomic E-state index is -0.935. The van der Waals surface area contributed by atoms with Crippen LogP contribution >= 0.6 is 0 Å². The molecular weight excluding hydrogens is 304 g/mol. The third-order valence-electron chi connectivity index (χ3n) is 3.90. The standard InChI is InChI=1S/C14H20N4O5/c1-14(2,3)11-6-10(4-5-17(11)13(19)20)23-12-15-7-9(8-16-12)18(21)22/h7-8,10-11H,4-6H2,1-3H3,(H,19,20). The van der Waals surface area contributed by atoms with Crippen LogP contribution in [0.2, 0.25) is 0 Å². The van der Waals surface area contributed by atoms with E-state index in [0.717, 1.165) is 12.4 Å². The monoisotopic (exact) mass is 324 g/mol. The van der Waals surface area contributed by atoms with Gasteiger partial charge in [-0.25, -0.2) is 4.79 Å². The fourth-order valence-corrected chi connectivity index (χ4v) is 2.70. The maximum Gasteiger partial charge on any atom is 0.407 e. The van der Waals surface area contributed by atoms with Crippen molar-refractivity contribution in [2.75, 3.05) is 6.54 Å². The molecule has 0 aliphatic carbocycles. The van der Waals surface area contributed by atoms with Crippen molar-refractivity contribution < 1.29 is 19.6 Å². The van der Waals surface area contributed by atoms with Gasteiger partial charge in [-0.1, -0.05) is 20.8 Å². The summed E-state index contributed by atoms with van der Waals surface area (Å²) in [7, 11) is 0. The smallest absolute Gasteiger partial charge is 0.407 e. The van der Waals surface area contributed by atoms with Gasteiger partial charge >= 0.3 is 17.8 Å². The van der Waals surface area contributed by atoms with Crippen LogP contribution in [0.15, 0.2) is 12.4 Å². The van der Waals surface area contributed by atoms with Crippen molar-refractivity contribution in [2.45, 2.75) is 45.8 Å². The molecule has 0 aromatic carbocycles. The molecule has 0 saturated carbocycles. The lowest BCUT2D eigenvalue weighted by molar-refractivity contribution is -0.385. The average Bonchev–Trinajstić information content (AvgIpc) is 2.46. The zero-order chi connectivity index (χ0) is 17.2. The highest BCUT2D eigenvalue weighted by molar-refractivity contribution is 5.65. The quantitative estimate of drug-likeness (QED) is 0.669. The van der Waals surface area contributed by atoms with Crippen LogP contribution in [0.5, 0.6) is 6.01 Å². The molecule has 2 rings (SSSR count). The van der Waals surface area contributed by atoms with E-state index < -0.39 is 11.0 Å². The largest absolute Gasteiger partial charge is 0.465 e. The third kappa shape index (κ3) is 4.05. The first kappa shape index (κ1) is 16.9. The van der Waals surface area contributed by atoms with Crippen molar-refractivity contribution in [3.63, 3.8) is 0 Å². The van der Waals surface area contributed by atoms with Gasteiger partial charge in [0, 0.05) is 25.4 Å². The van der Waals surface area contributed by atoms with Crippen LogP contribution in [-0.4, -0.2) is 49.7 Å². The Morgan fingerprint density at radius 2 is 2.04 bits per heavy atom. The Hall–Kier alpha value is -2.45. The summed E-state index contributed by atoms with van der Waals surface area (Å²) in [5, 5.41) is 19.9. The first-order valence-corrected chi connectivity index (χ1v) is 7.31. The van der Waals surface area contributed by atoms with Crippen LogP contribution in [0.3, 0.4) is 0 Å². The number of ether oxygens (including phenoxy) is 1. The van der Waals surface area contributed by atoms with Crippen molar-refractivity contribution in [1.29, 1.82) is 0 Å². The highest BCUT2D eigenvalue weighted by atomic mass is 16.6. The molecule has 0 radical (unpaired) electrons. The van der Waals surface area contributed by atoms with Gasteiger partial charge in [0.25, 0.3) is 0 Å². The second-order valence-electron chi connectivity index (χ2n) is 6.60. The lowest BCUT2D eigenvalue weighted by Crippen LogP contribution is -2.53. The van der Waals surface area contributed by atoms with Gasteiger partial charge in [0.05, 0.1) is 4.92 Å². The fraction of sp³-hybridized carbons (Fsp3) is 0.643. The zero-order valence-electron chi connectivity index (χ0n) is 13.3. The van der Waals surface area contributed by atoms with E-state index in [1.165, 1.54) is 4.90 Å². The van der Waals surface area contributed by atoms with Crippen LogP contribution in [0.25, 0.3) is 0 Å². The molecule has 2 unspecified atom stereocenters. The summed E-state index contributed by atoms with van der Waals surface area (Å²) >= 11 is 0. The van der Waals surface area contributed by atoms with E-state index in [0.29, 0.717) is 19.4 Å². The van der Waals surface area contributed by atoms with Crippen LogP contribution in [0.4, 0.5) is 10.5 Å². The van der Waals surface area contributed by atoms with E-state index in [1.54, 1.807) is 0 Å². The Kier molecular flexibility index (Phi) is 4.67. The van der Waals surface area contributed by atoms with Crippen LogP contribution < -0.4 is 4.74 Å². The normalized spacial score (nSPS) is 21.8. The minimum Gasteiger partial charge on any atom is -0.465 e. The molecule has 126 valence electrons. The van der Waals surface area contributed by atoms with Gasteiger partial charge in [-0.3, -0.25) is 10.1 Å². The Bertz CT molecular complexity index is 584. The predicted molar refractivity (Wildman–Crippen MR) is 80.3 cm³/mol. The molecule has 9 nitrogen and oxygen atoms in total. The zero-order valence-corrected chi connectivity index (χ0v) is 13.3. The Labute approximate surface area is 133 Å². The molecule has 2 heterocycles. The van der Waals surface area contributed by atoms with E-state index >= 15 is 0 Å². The highest BCUT2D eigenvalue weighted by Gasteiger charge is 2.39. The maximum absolute atomic E-state index is 11.4. The summed E-state index contributed by atoms with van der Waals surface area (Å²) < 4.78 is 5.68. The third-order valence-corrected chi connectivity index (χ3v) is 3.90. The number of hydrogen-bond donors (Lipinski definition) is 1. The van der Waals surface area contributed by atoms with Crippen LogP contribution in [-0.2, 0) is 0 Å². The number of rotatable bonds is 3. The van der Waals surface area contributed by atoms with Crippen molar-refractivity contribution >= 4 is 11.8 Å². The van der Waals surface area contributed by atoms with Crippen LogP contribution in [0, 0.1) is 15.5 Å². The summed E-state index contributed by atoms with van der Waals surface area (Å²) in [6, 6.07) is -0.117. The number of hydrogen-bond acceptors (Lipinski definition) is 6. The second-order valence-corrected chi connectivity index (χ2v) is 6.60. The summed E-state index contributed by atoms with van der Waals surface area (Å²) in [6.07, 6.45) is 2.08. The summed E-state index contributed by atoms with van der Waals surface area (Å²) in [4.78, 5) is 30.5. The summed E-state index contributed by atoms with van der Waals surface area (Å²) in [5.41, 5.74) is -0.429. The number of aromatic nitrogens is 2. The maximum atomic E-state index is 11.4. The molecule has 1 amide bonds. The number of carbonyl (C=O) groups is 1. The van der Waals surface area contributed by atoms with Crippen molar-refractivity contribution in [1.82, 2.24) is 14.9 Å². The van der Waals surface area contributed by atoms with Gasteiger partial charge in [0.15, 0.2) is 0 Å². The molecule has 1 aliphatic heterocycles. The second kappa shape index (κ2) is 6.35. The number of piperidine rings is 1. The van der Waals surface area contributed by atoms with Crippen molar-refractivity contribution in [2.24, 2.45) is 5.41 Å². The summed E-state index contributed by atoms with van der Waals surface area (Å²) in [6.45, 7) is 6.32. The van der Waals surface area contributed by atoms with Gasteiger partial charge in [-0.2, -0.15) is 9.97 Å². The van der Waals surface area contributed by atoms with Crippen molar-refractivity contribution in [3.8, 4) is 6.01 Å². The molecular formula is C14H20N4O5. The predicted octanol–water partition coefficient (Wildman–Crippen LogP) is 2.32. The number of nitro groups is 1. The molecule has 2 atom stereocenters. The van der Waals surface area contributed by atoms with Crippen molar-refractivity contribution in [3.05, 3.63) is 22.5 Å². The first-order valence-electron chi connectivity index (χ1n) is 7.31. The average molecular weight is 324 g/mol. The SMILES string of the molecule is CC(C)(C)C1CC(Oc2ncc([N+](=O)[O-])cn2)CCN1C(=O)O. The molecule has 23 heavy (non-hydrogen) atoms. The number of carboxylic acid groups (broad SMARTS) is 1. The van der Waals surface area contributed by atoms with E-state index in [2.05, 4.69) is 9.97 Å². The molecule has 9 heteroatoms. The molecule has 1 N–H and O–H groups in total. The van der Waals surface area contributed by atoms with E-state index in [4.69, 9.17) is 4.74 Å². The minimum absolute atomic E-state index is 0.0667. The van der Waals surface area contributed by atoms with Gasteiger partial charge in [0.1, 0.15) is 18.5 Å². The first-order chi connectivity index (χ1) is 10.7. The molecule has 0 spiro atoms. The lowest BCUT2D eigenvalue weighted by atomic mass is 9.80. The van der Waals surface area contributed by atoms with Gasteiger partial charge in [0.2, 0.25) is 0 Å². The van der Waals surface area contributed by atoms with E-state index in [-0.39, 0.29) is 29.3 Å². The van der Waals surface area contributed by atoms with Gasteiger partial charge < -0.3 is 14.7 Å². The molecule has 1 saturated heterocycles.